The molecule has 66 valence electrons. The van der Waals surface area contributed by atoms with Crippen LogP contribution in [-0.2, 0) is 0 Å². The van der Waals surface area contributed by atoms with Gasteiger partial charge in [-0.3, -0.25) is 0 Å². The smallest absolute Gasteiger partial charge is 0.404 e. The molecule has 7 heteroatoms. The van der Waals surface area contributed by atoms with Gasteiger partial charge in [0.1, 0.15) is 0 Å². The molecule has 0 fully saturated rings. The summed E-state index contributed by atoms with van der Waals surface area (Å²) in [5, 5.41) is 8.92. The summed E-state index contributed by atoms with van der Waals surface area (Å²) in [6, 6.07) is 0. The molecule has 11 heavy (non-hydrogen) atoms. The van der Waals surface area contributed by atoms with Gasteiger partial charge in [-0.15, -0.1) is 0 Å². The van der Waals surface area contributed by atoms with Crippen molar-refractivity contribution < 1.29 is 27.5 Å². The highest BCUT2D eigenvalue weighted by Crippen LogP contribution is 2.21. The van der Waals surface area contributed by atoms with Crippen molar-refractivity contribution in [1.29, 1.82) is 0 Å². The molecule has 0 aromatic heterocycles. The van der Waals surface area contributed by atoms with Crippen LogP contribution in [0.4, 0.5) is 22.4 Å². The van der Waals surface area contributed by atoms with Gasteiger partial charge in [0.25, 0.3) is 0 Å². The van der Waals surface area contributed by atoms with E-state index in [0.717, 1.165) is 5.32 Å². The second kappa shape index (κ2) is 3.40. The van der Waals surface area contributed by atoms with E-state index in [1.54, 1.807) is 0 Å². The lowest BCUT2D eigenvalue weighted by Gasteiger charge is -2.13. The molecule has 0 aliphatic rings. The first kappa shape index (κ1) is 9.99. The molecule has 0 bridgehead atoms. The van der Waals surface area contributed by atoms with Crippen molar-refractivity contribution in [2.45, 2.75) is 12.3 Å². The number of amides is 1. The number of nitrogens with one attached hydrogen (secondary N) is 1. The van der Waals surface area contributed by atoms with E-state index in [-0.39, 0.29) is 0 Å². The van der Waals surface area contributed by atoms with Gasteiger partial charge in [0.2, 0.25) is 0 Å². The van der Waals surface area contributed by atoms with Crippen molar-refractivity contribution in [3.05, 3.63) is 0 Å². The summed E-state index contributed by atoms with van der Waals surface area (Å²) in [5.74, 6) is -4.29. The van der Waals surface area contributed by atoms with Gasteiger partial charge in [0.05, 0.1) is 6.54 Å². The summed E-state index contributed by atoms with van der Waals surface area (Å²) in [6.45, 7) is -1.57. The fourth-order valence-corrected chi connectivity index (χ4v) is 0.271. The van der Waals surface area contributed by atoms with Gasteiger partial charge < -0.3 is 10.4 Å². The Kier molecular flexibility index (Phi) is 3.09. The Bertz CT molecular complexity index is 149. The Morgan fingerprint density at radius 1 is 1.55 bits per heavy atom. The molecule has 0 aromatic rings. The Labute approximate surface area is 59.0 Å². The van der Waals surface area contributed by atoms with E-state index in [1.165, 1.54) is 0 Å². The van der Waals surface area contributed by atoms with E-state index >= 15 is 0 Å². The minimum Gasteiger partial charge on any atom is -0.465 e. The molecule has 2 N–H and O–H groups in total. The van der Waals surface area contributed by atoms with Crippen molar-refractivity contribution in [3.8, 4) is 0 Å². The van der Waals surface area contributed by atoms with E-state index in [0.29, 0.717) is 0 Å². The monoisotopic (exact) mass is 175 g/mol. The molecule has 0 aliphatic heterocycles. The van der Waals surface area contributed by atoms with E-state index in [4.69, 9.17) is 5.11 Å². The third-order valence-corrected chi connectivity index (χ3v) is 0.795. The van der Waals surface area contributed by atoms with E-state index in [2.05, 4.69) is 0 Å². The van der Waals surface area contributed by atoms with Crippen LogP contribution in [-0.4, -0.2) is 30.1 Å². The van der Waals surface area contributed by atoms with Gasteiger partial charge in [-0.2, -0.15) is 8.78 Å². The Morgan fingerprint density at radius 3 is 2.27 bits per heavy atom. The molecule has 1 amide bonds. The average molecular weight is 175 g/mol. The van der Waals surface area contributed by atoms with Gasteiger partial charge in [0, 0.05) is 0 Å². The highest BCUT2D eigenvalue weighted by Gasteiger charge is 2.40. The summed E-state index contributed by atoms with van der Waals surface area (Å²) in [7, 11) is 0. The van der Waals surface area contributed by atoms with Gasteiger partial charge in [-0.25, -0.2) is 13.6 Å². The van der Waals surface area contributed by atoms with Crippen LogP contribution >= 0.6 is 0 Å². The molecule has 0 saturated carbocycles. The van der Waals surface area contributed by atoms with Gasteiger partial charge in [-0.1, -0.05) is 0 Å². The Hall–Kier alpha value is -1.01. The van der Waals surface area contributed by atoms with Gasteiger partial charge >= 0.3 is 18.4 Å². The summed E-state index contributed by atoms with van der Waals surface area (Å²) < 4.78 is 46.2. The van der Waals surface area contributed by atoms with Crippen molar-refractivity contribution in [3.63, 3.8) is 0 Å². The van der Waals surface area contributed by atoms with E-state index in [1.807, 2.05) is 0 Å². The van der Waals surface area contributed by atoms with Crippen LogP contribution in [0.3, 0.4) is 0 Å². The topological polar surface area (TPSA) is 49.3 Å². The lowest BCUT2D eigenvalue weighted by molar-refractivity contribution is -0.124. The zero-order valence-corrected chi connectivity index (χ0v) is 5.15. The molecule has 0 unspecified atom stereocenters. The highest BCUT2D eigenvalue weighted by molar-refractivity contribution is 5.64. The van der Waals surface area contributed by atoms with Gasteiger partial charge in [-0.05, 0) is 0 Å². The predicted octanol–water partition coefficient (Wildman–Crippen LogP) is 1.15. The Morgan fingerprint density at radius 2 is 2.00 bits per heavy atom. The normalized spacial score (nSPS) is 11.7. The second-order valence-electron chi connectivity index (χ2n) is 1.72. The van der Waals surface area contributed by atoms with Crippen LogP contribution in [0.5, 0.6) is 0 Å². The molecular formula is C4H5F4NO2. The summed E-state index contributed by atoms with van der Waals surface area (Å²) >= 11 is 0. The second-order valence-corrected chi connectivity index (χ2v) is 1.72. The standard InChI is InChI=1S/C4H5F4NO2/c5-2(6)4(7,8)1-9-3(10)11/h2,9H,1H2,(H,10,11). The van der Waals surface area contributed by atoms with Crippen molar-refractivity contribution in [2.24, 2.45) is 0 Å². The molecule has 0 spiro atoms. The third-order valence-electron chi connectivity index (χ3n) is 0.795. The number of hydrogen-bond acceptors (Lipinski definition) is 1. The van der Waals surface area contributed by atoms with E-state index in [9.17, 15) is 22.4 Å². The number of halogens is 4. The Balaban J connectivity index is 3.82. The maximum absolute atomic E-state index is 11.8. The fraction of sp³-hybridized carbons (Fsp3) is 0.750. The molecule has 3 nitrogen and oxygen atoms in total. The SMILES string of the molecule is O=C(O)NCC(F)(F)C(F)F. The van der Waals surface area contributed by atoms with Crippen LogP contribution < -0.4 is 5.32 Å². The number of alkyl halides is 4. The third kappa shape index (κ3) is 3.64. The minimum absolute atomic E-state index is 1.15. The highest BCUT2D eigenvalue weighted by atomic mass is 19.3. The average Bonchev–Trinajstić information content (AvgIpc) is 1.84. The molecule has 0 radical (unpaired) electrons. The van der Waals surface area contributed by atoms with Crippen LogP contribution in [0.25, 0.3) is 0 Å². The molecule has 0 saturated heterocycles. The fourth-order valence-electron chi connectivity index (χ4n) is 0.271. The number of rotatable bonds is 3. The van der Waals surface area contributed by atoms with Crippen LogP contribution in [0.2, 0.25) is 0 Å². The minimum atomic E-state index is -4.29. The maximum atomic E-state index is 11.8. The van der Waals surface area contributed by atoms with Crippen molar-refractivity contribution in [2.75, 3.05) is 6.54 Å². The lowest BCUT2D eigenvalue weighted by Crippen LogP contribution is -2.40. The quantitative estimate of drug-likeness (QED) is 0.632. The van der Waals surface area contributed by atoms with Crippen molar-refractivity contribution >= 4 is 6.09 Å². The predicted molar refractivity (Wildman–Crippen MR) is 27.0 cm³/mol. The first-order valence-corrected chi connectivity index (χ1v) is 2.49. The lowest BCUT2D eigenvalue weighted by atomic mass is 10.3. The molecule has 0 aliphatic carbocycles. The summed E-state index contributed by atoms with van der Waals surface area (Å²) in [6.07, 6.45) is -5.61. The largest absolute Gasteiger partial charge is 0.465 e. The van der Waals surface area contributed by atoms with Crippen molar-refractivity contribution in [1.82, 2.24) is 5.32 Å². The van der Waals surface area contributed by atoms with Crippen LogP contribution in [0, 0.1) is 0 Å². The van der Waals surface area contributed by atoms with Gasteiger partial charge in [0.15, 0.2) is 0 Å². The zero-order chi connectivity index (χ0) is 9.07. The molecular weight excluding hydrogens is 170 g/mol. The molecule has 0 atom stereocenters. The summed E-state index contributed by atoms with van der Waals surface area (Å²) in [5.41, 5.74) is 0. The van der Waals surface area contributed by atoms with Crippen LogP contribution in [0.15, 0.2) is 0 Å². The molecule has 0 rings (SSSR count). The molecule has 0 aromatic carbocycles. The number of hydrogen-bond donors (Lipinski definition) is 2. The summed E-state index contributed by atoms with van der Waals surface area (Å²) in [4.78, 5) is 9.58. The maximum Gasteiger partial charge on any atom is 0.404 e. The van der Waals surface area contributed by atoms with E-state index < -0.39 is 25.0 Å². The first-order chi connectivity index (χ1) is 4.86. The van der Waals surface area contributed by atoms with Crippen LogP contribution in [0.1, 0.15) is 0 Å². The number of carbonyl (C=O) groups is 1. The first-order valence-electron chi connectivity index (χ1n) is 2.49. The molecule has 0 heterocycles. The zero-order valence-electron chi connectivity index (χ0n) is 5.15. The number of carboxylic acid groups (broad SMARTS) is 1.